The number of aryl methyl sites for hydroxylation is 1. The van der Waals surface area contributed by atoms with E-state index in [1.807, 2.05) is 13.0 Å². The summed E-state index contributed by atoms with van der Waals surface area (Å²) in [6.45, 7) is 2.96. The summed E-state index contributed by atoms with van der Waals surface area (Å²) in [6.07, 6.45) is 3.04. The first-order valence-corrected chi connectivity index (χ1v) is 8.35. The molecule has 3 rings (SSSR count). The fraction of sp³-hybridized carbons (Fsp3) is 0.467. The maximum Gasteiger partial charge on any atom is 0.326 e. The van der Waals surface area contributed by atoms with Crippen LogP contribution >= 0.6 is 11.3 Å². The summed E-state index contributed by atoms with van der Waals surface area (Å²) in [5.74, 6) is -0.340. The number of fused-ring (bicyclic) bond motifs is 1. The topological polar surface area (TPSA) is 95.4 Å². The number of carboxylic acid groups (broad SMARTS) is 1. The van der Waals surface area contributed by atoms with E-state index in [-0.39, 0.29) is 12.3 Å². The minimum Gasteiger partial charge on any atom is -0.480 e. The Balaban J connectivity index is 1.60. The van der Waals surface area contributed by atoms with E-state index in [1.54, 1.807) is 11.3 Å². The maximum absolute atomic E-state index is 12.2. The number of aliphatic carboxylic acids is 1. The number of hydrogen-bond donors (Lipinski definition) is 2. The van der Waals surface area contributed by atoms with Crippen LogP contribution in [0.2, 0.25) is 0 Å². The lowest BCUT2D eigenvalue weighted by Crippen LogP contribution is -2.40. The molecule has 3 heterocycles. The molecule has 1 aliphatic rings. The summed E-state index contributed by atoms with van der Waals surface area (Å²) in [6, 6.07) is 1.35. The Morgan fingerprint density at radius 3 is 3.09 bits per heavy atom. The number of nitrogens with zero attached hydrogens (tertiary/aromatic N) is 3. The molecule has 122 valence electrons. The Kier molecular flexibility index (Phi) is 4.42. The van der Waals surface area contributed by atoms with Gasteiger partial charge in [-0.2, -0.15) is 0 Å². The molecule has 1 unspecified atom stereocenters. The Hall–Kier alpha value is -2.22. The van der Waals surface area contributed by atoms with Crippen LogP contribution in [0.1, 0.15) is 24.1 Å². The van der Waals surface area contributed by atoms with Crippen molar-refractivity contribution in [3.63, 3.8) is 0 Å². The Morgan fingerprint density at radius 2 is 2.30 bits per heavy atom. The van der Waals surface area contributed by atoms with E-state index in [4.69, 9.17) is 5.11 Å². The molecule has 1 aliphatic heterocycles. The van der Waals surface area contributed by atoms with Gasteiger partial charge in [0.15, 0.2) is 0 Å². The fourth-order valence-electron chi connectivity index (χ4n) is 2.87. The number of hydrogen-bond acceptors (Lipinski definition) is 6. The highest BCUT2D eigenvalue weighted by molar-refractivity contribution is 7.18. The van der Waals surface area contributed by atoms with Gasteiger partial charge in [-0.25, -0.2) is 14.8 Å². The molecule has 23 heavy (non-hydrogen) atoms. The number of carbonyl (C=O) groups is 2. The Morgan fingerprint density at radius 1 is 1.48 bits per heavy atom. The fourth-order valence-corrected chi connectivity index (χ4v) is 3.72. The maximum atomic E-state index is 12.2. The van der Waals surface area contributed by atoms with Crippen LogP contribution in [-0.4, -0.2) is 51.0 Å². The molecule has 0 saturated carbocycles. The lowest BCUT2D eigenvalue weighted by atomic mass is 10.2. The average Bonchev–Trinajstić information content (AvgIpc) is 3.12. The van der Waals surface area contributed by atoms with Crippen molar-refractivity contribution < 1.29 is 14.7 Å². The zero-order valence-corrected chi connectivity index (χ0v) is 13.6. The molecule has 2 N–H and O–H groups in total. The lowest BCUT2D eigenvalue weighted by molar-refractivity contribution is -0.148. The molecule has 2 aromatic heterocycles. The van der Waals surface area contributed by atoms with Crippen LogP contribution in [0.5, 0.6) is 0 Å². The third-order valence-electron chi connectivity index (χ3n) is 3.94. The minimum absolute atomic E-state index is 0.130. The standard InChI is InChI=1S/C15H18N4O3S/c1-9-7-10-13(17-8-18-14(10)23-9)16-5-4-12(20)19-6-2-3-11(19)15(21)22/h7-8,11H,2-6H2,1H3,(H,21,22)(H,16,17,18). The number of carbonyl (C=O) groups excluding carboxylic acids is 1. The number of likely N-dealkylation sites (tertiary alicyclic amines) is 1. The number of carboxylic acids is 1. The Labute approximate surface area is 137 Å². The Bertz CT molecular complexity index is 745. The molecule has 1 fully saturated rings. The third-order valence-corrected chi connectivity index (χ3v) is 4.90. The molecular weight excluding hydrogens is 316 g/mol. The highest BCUT2D eigenvalue weighted by Crippen LogP contribution is 2.27. The van der Waals surface area contributed by atoms with Crippen LogP contribution in [0.15, 0.2) is 12.4 Å². The van der Waals surface area contributed by atoms with Crippen molar-refractivity contribution in [1.82, 2.24) is 14.9 Å². The van der Waals surface area contributed by atoms with E-state index in [9.17, 15) is 9.59 Å². The minimum atomic E-state index is -0.921. The summed E-state index contributed by atoms with van der Waals surface area (Å²) < 4.78 is 0. The van der Waals surface area contributed by atoms with E-state index < -0.39 is 12.0 Å². The van der Waals surface area contributed by atoms with Crippen molar-refractivity contribution in [2.45, 2.75) is 32.2 Å². The lowest BCUT2D eigenvalue weighted by Gasteiger charge is -2.21. The number of aromatic nitrogens is 2. The van der Waals surface area contributed by atoms with E-state index in [0.29, 0.717) is 25.3 Å². The average molecular weight is 334 g/mol. The van der Waals surface area contributed by atoms with Crippen LogP contribution in [0.25, 0.3) is 10.2 Å². The van der Waals surface area contributed by atoms with Crippen molar-refractivity contribution in [3.8, 4) is 0 Å². The second kappa shape index (κ2) is 6.49. The van der Waals surface area contributed by atoms with Crippen LogP contribution in [-0.2, 0) is 9.59 Å². The van der Waals surface area contributed by atoms with Gasteiger partial charge < -0.3 is 15.3 Å². The molecule has 0 bridgehead atoms. The predicted molar refractivity (Wildman–Crippen MR) is 87.6 cm³/mol. The third kappa shape index (κ3) is 3.26. The van der Waals surface area contributed by atoms with Gasteiger partial charge in [-0.1, -0.05) is 0 Å². The summed E-state index contributed by atoms with van der Waals surface area (Å²) in [5, 5.41) is 13.2. The normalized spacial score (nSPS) is 17.6. The summed E-state index contributed by atoms with van der Waals surface area (Å²) in [4.78, 5) is 35.3. The van der Waals surface area contributed by atoms with Gasteiger partial charge in [0.25, 0.3) is 0 Å². The highest BCUT2D eigenvalue weighted by atomic mass is 32.1. The first kappa shape index (κ1) is 15.7. The van der Waals surface area contributed by atoms with E-state index >= 15 is 0 Å². The zero-order chi connectivity index (χ0) is 16.4. The van der Waals surface area contributed by atoms with Crippen molar-refractivity contribution in [1.29, 1.82) is 0 Å². The van der Waals surface area contributed by atoms with E-state index in [0.717, 1.165) is 21.5 Å². The second-order valence-corrected chi connectivity index (χ2v) is 6.79. The number of amides is 1. The van der Waals surface area contributed by atoms with Gasteiger partial charge in [-0.3, -0.25) is 4.79 Å². The first-order chi connectivity index (χ1) is 11.1. The van der Waals surface area contributed by atoms with Crippen LogP contribution in [0.4, 0.5) is 5.82 Å². The molecular formula is C15H18N4O3S. The predicted octanol–water partition coefficient (Wildman–Crippen LogP) is 1.88. The summed E-state index contributed by atoms with van der Waals surface area (Å²) >= 11 is 1.60. The van der Waals surface area contributed by atoms with Gasteiger partial charge in [0, 0.05) is 24.4 Å². The highest BCUT2D eigenvalue weighted by Gasteiger charge is 2.33. The molecule has 0 aromatic carbocycles. The number of thiophene rings is 1. The van der Waals surface area contributed by atoms with Crippen molar-refractivity contribution in [3.05, 3.63) is 17.3 Å². The molecule has 1 atom stereocenters. The van der Waals surface area contributed by atoms with Crippen molar-refractivity contribution >= 4 is 39.2 Å². The van der Waals surface area contributed by atoms with E-state index in [2.05, 4.69) is 15.3 Å². The molecule has 7 nitrogen and oxygen atoms in total. The number of anilines is 1. The number of nitrogens with one attached hydrogen (secondary N) is 1. The largest absolute Gasteiger partial charge is 0.480 e. The molecule has 1 amide bonds. The van der Waals surface area contributed by atoms with E-state index in [1.165, 1.54) is 11.2 Å². The molecule has 0 spiro atoms. The van der Waals surface area contributed by atoms with Crippen LogP contribution in [0, 0.1) is 6.92 Å². The molecule has 0 aliphatic carbocycles. The molecule has 8 heteroatoms. The van der Waals surface area contributed by atoms with Crippen molar-refractivity contribution in [2.24, 2.45) is 0 Å². The van der Waals surface area contributed by atoms with Gasteiger partial charge in [0.1, 0.15) is 23.0 Å². The van der Waals surface area contributed by atoms with Gasteiger partial charge in [0.05, 0.1) is 5.39 Å². The SMILES string of the molecule is Cc1cc2c(NCCC(=O)N3CCCC3C(=O)O)ncnc2s1. The van der Waals surface area contributed by atoms with Gasteiger partial charge in [-0.15, -0.1) is 11.3 Å². The summed E-state index contributed by atoms with van der Waals surface area (Å²) in [5.41, 5.74) is 0. The van der Waals surface area contributed by atoms with Gasteiger partial charge >= 0.3 is 5.97 Å². The first-order valence-electron chi connectivity index (χ1n) is 7.53. The zero-order valence-electron chi connectivity index (χ0n) is 12.8. The van der Waals surface area contributed by atoms with Gasteiger partial charge in [-0.05, 0) is 25.8 Å². The molecule has 0 radical (unpaired) electrons. The van der Waals surface area contributed by atoms with Gasteiger partial charge in [0.2, 0.25) is 5.91 Å². The smallest absolute Gasteiger partial charge is 0.326 e. The molecule has 1 saturated heterocycles. The number of rotatable bonds is 5. The summed E-state index contributed by atoms with van der Waals surface area (Å²) in [7, 11) is 0. The quantitative estimate of drug-likeness (QED) is 0.867. The van der Waals surface area contributed by atoms with Crippen molar-refractivity contribution in [2.75, 3.05) is 18.4 Å². The molecule has 2 aromatic rings. The van der Waals surface area contributed by atoms with Crippen LogP contribution in [0.3, 0.4) is 0 Å². The van der Waals surface area contributed by atoms with Crippen LogP contribution < -0.4 is 5.32 Å². The second-order valence-electron chi connectivity index (χ2n) is 5.56. The monoisotopic (exact) mass is 334 g/mol.